The van der Waals surface area contributed by atoms with Gasteiger partial charge in [-0.2, -0.15) is 0 Å². The molecule has 2 aromatic rings. The first kappa shape index (κ1) is 14.1. The maximum atomic E-state index is 12.0. The molecule has 1 N–H and O–H groups in total. The molecule has 0 saturated heterocycles. The Hall–Kier alpha value is -2.34. The van der Waals surface area contributed by atoms with Crippen molar-refractivity contribution in [1.82, 2.24) is 0 Å². The number of thioether (sulfide) groups is 1. The molecule has 102 valence electrons. The first-order valence-electron chi connectivity index (χ1n) is 5.80. The van der Waals surface area contributed by atoms with Crippen molar-refractivity contribution in [1.29, 1.82) is 0 Å². The number of hydrogen-bond acceptors (Lipinski definition) is 4. The molecule has 0 aliphatic rings. The Morgan fingerprint density at radius 2 is 1.90 bits per heavy atom. The lowest BCUT2D eigenvalue weighted by molar-refractivity contribution is -0.384. The number of nitro benzene ring substituents is 1. The van der Waals surface area contributed by atoms with Crippen LogP contribution in [0.2, 0.25) is 0 Å². The molecule has 0 unspecified atom stereocenters. The Morgan fingerprint density at radius 1 is 1.20 bits per heavy atom. The van der Waals surface area contributed by atoms with E-state index in [0.717, 1.165) is 4.90 Å². The van der Waals surface area contributed by atoms with Crippen molar-refractivity contribution in [2.75, 3.05) is 11.6 Å². The Bertz CT molecular complexity index is 641. The Labute approximate surface area is 120 Å². The van der Waals surface area contributed by atoms with Crippen molar-refractivity contribution in [3.63, 3.8) is 0 Å². The number of amides is 1. The van der Waals surface area contributed by atoms with Gasteiger partial charge < -0.3 is 5.32 Å². The number of nitrogens with one attached hydrogen (secondary N) is 1. The zero-order valence-corrected chi connectivity index (χ0v) is 11.5. The summed E-state index contributed by atoms with van der Waals surface area (Å²) in [6.45, 7) is 0. The second-order valence-electron chi connectivity index (χ2n) is 3.99. The molecule has 0 fully saturated rings. The molecule has 0 radical (unpaired) electrons. The van der Waals surface area contributed by atoms with Crippen molar-refractivity contribution >= 4 is 29.0 Å². The number of non-ortho nitro benzene ring substituents is 1. The van der Waals surface area contributed by atoms with E-state index < -0.39 is 4.92 Å². The van der Waals surface area contributed by atoms with E-state index in [1.54, 1.807) is 23.9 Å². The molecule has 1 amide bonds. The van der Waals surface area contributed by atoms with Crippen molar-refractivity contribution in [3.05, 3.63) is 64.2 Å². The molecule has 2 aromatic carbocycles. The fourth-order valence-corrected chi connectivity index (χ4v) is 2.09. The van der Waals surface area contributed by atoms with E-state index in [1.165, 1.54) is 24.3 Å². The predicted molar refractivity (Wildman–Crippen MR) is 79.3 cm³/mol. The maximum absolute atomic E-state index is 12.0. The van der Waals surface area contributed by atoms with E-state index in [1.807, 2.05) is 18.4 Å². The van der Waals surface area contributed by atoms with E-state index in [4.69, 9.17) is 0 Å². The van der Waals surface area contributed by atoms with Gasteiger partial charge >= 0.3 is 0 Å². The van der Waals surface area contributed by atoms with Crippen LogP contribution in [0.4, 0.5) is 11.4 Å². The molecule has 20 heavy (non-hydrogen) atoms. The van der Waals surface area contributed by atoms with Crippen molar-refractivity contribution in [2.45, 2.75) is 4.90 Å². The van der Waals surface area contributed by atoms with Gasteiger partial charge in [0, 0.05) is 28.3 Å². The molecule has 0 spiro atoms. The first-order chi connectivity index (χ1) is 9.60. The molecule has 0 heterocycles. The zero-order valence-electron chi connectivity index (χ0n) is 10.7. The second kappa shape index (κ2) is 6.21. The van der Waals surface area contributed by atoms with E-state index in [0.29, 0.717) is 11.3 Å². The van der Waals surface area contributed by atoms with Gasteiger partial charge in [-0.05, 0) is 36.6 Å². The van der Waals surface area contributed by atoms with E-state index >= 15 is 0 Å². The van der Waals surface area contributed by atoms with Gasteiger partial charge in [0.1, 0.15) is 0 Å². The molecular weight excluding hydrogens is 276 g/mol. The number of nitro groups is 1. The summed E-state index contributed by atoms with van der Waals surface area (Å²) < 4.78 is 0. The highest BCUT2D eigenvalue weighted by molar-refractivity contribution is 7.98. The first-order valence-corrected chi connectivity index (χ1v) is 7.02. The number of carbonyl (C=O) groups excluding carboxylic acids is 1. The van der Waals surface area contributed by atoms with Gasteiger partial charge in [-0.1, -0.05) is 6.07 Å². The lowest BCUT2D eigenvalue weighted by Crippen LogP contribution is -2.11. The standard InChI is InChI=1S/C14H12N2O3S/c1-20-13-4-2-3-10(9-13)14(17)15-11-5-7-12(8-6-11)16(18)19/h2-9H,1H3,(H,15,17). The van der Waals surface area contributed by atoms with Gasteiger partial charge in [0.05, 0.1) is 4.92 Å². The molecular formula is C14H12N2O3S. The summed E-state index contributed by atoms with van der Waals surface area (Å²) in [5, 5.41) is 13.2. The number of hydrogen-bond donors (Lipinski definition) is 1. The average molecular weight is 288 g/mol. The zero-order chi connectivity index (χ0) is 14.5. The molecule has 0 atom stereocenters. The fourth-order valence-electron chi connectivity index (χ4n) is 1.63. The summed E-state index contributed by atoms with van der Waals surface area (Å²) >= 11 is 1.56. The minimum absolute atomic E-state index is 0.00706. The minimum atomic E-state index is -0.479. The van der Waals surface area contributed by atoms with Gasteiger partial charge in [-0.3, -0.25) is 14.9 Å². The van der Waals surface area contributed by atoms with Crippen molar-refractivity contribution in [3.8, 4) is 0 Å². The van der Waals surface area contributed by atoms with Crippen LogP contribution in [-0.2, 0) is 0 Å². The van der Waals surface area contributed by atoms with Crippen LogP contribution >= 0.6 is 11.8 Å². The van der Waals surface area contributed by atoms with Crippen LogP contribution in [0.15, 0.2) is 53.4 Å². The van der Waals surface area contributed by atoms with Crippen LogP contribution in [0.25, 0.3) is 0 Å². The quantitative estimate of drug-likeness (QED) is 0.530. The number of rotatable bonds is 4. The number of anilines is 1. The van der Waals surface area contributed by atoms with Crippen molar-refractivity contribution < 1.29 is 9.72 Å². The Balaban J connectivity index is 2.12. The lowest BCUT2D eigenvalue weighted by atomic mass is 10.2. The average Bonchev–Trinajstić information content (AvgIpc) is 2.47. The van der Waals surface area contributed by atoms with E-state index in [2.05, 4.69) is 5.32 Å². The van der Waals surface area contributed by atoms with Crippen LogP contribution < -0.4 is 5.32 Å². The summed E-state index contributed by atoms with van der Waals surface area (Å²) in [6.07, 6.45) is 1.94. The largest absolute Gasteiger partial charge is 0.322 e. The number of benzene rings is 2. The van der Waals surface area contributed by atoms with Crippen LogP contribution in [0.3, 0.4) is 0 Å². The molecule has 5 nitrogen and oxygen atoms in total. The maximum Gasteiger partial charge on any atom is 0.269 e. The van der Waals surface area contributed by atoms with Crippen LogP contribution in [-0.4, -0.2) is 17.1 Å². The van der Waals surface area contributed by atoms with Crippen molar-refractivity contribution in [2.24, 2.45) is 0 Å². The monoisotopic (exact) mass is 288 g/mol. The summed E-state index contributed by atoms with van der Waals surface area (Å²) in [7, 11) is 0. The highest BCUT2D eigenvalue weighted by Crippen LogP contribution is 2.18. The summed E-state index contributed by atoms with van der Waals surface area (Å²) in [6, 6.07) is 13.0. The van der Waals surface area contributed by atoms with E-state index in [-0.39, 0.29) is 11.6 Å². The van der Waals surface area contributed by atoms with Gasteiger partial charge in [-0.25, -0.2) is 0 Å². The third kappa shape index (κ3) is 3.36. The van der Waals surface area contributed by atoms with Gasteiger partial charge in [0.25, 0.3) is 11.6 Å². The molecule has 0 saturated carbocycles. The smallest absolute Gasteiger partial charge is 0.269 e. The molecule has 2 rings (SSSR count). The summed E-state index contributed by atoms with van der Waals surface area (Å²) in [4.78, 5) is 23.1. The fraction of sp³-hybridized carbons (Fsp3) is 0.0714. The van der Waals surface area contributed by atoms with Gasteiger partial charge in [0.2, 0.25) is 0 Å². The molecule has 0 bridgehead atoms. The Morgan fingerprint density at radius 3 is 2.50 bits per heavy atom. The number of nitrogens with zero attached hydrogens (tertiary/aromatic N) is 1. The van der Waals surface area contributed by atoms with Crippen LogP contribution in [0.5, 0.6) is 0 Å². The molecule has 0 aliphatic carbocycles. The molecule has 0 aromatic heterocycles. The van der Waals surface area contributed by atoms with Crippen LogP contribution in [0.1, 0.15) is 10.4 Å². The third-order valence-corrected chi connectivity index (χ3v) is 3.39. The Kier molecular flexibility index (Phi) is 4.37. The van der Waals surface area contributed by atoms with E-state index in [9.17, 15) is 14.9 Å². The van der Waals surface area contributed by atoms with Gasteiger partial charge in [-0.15, -0.1) is 11.8 Å². The number of carbonyl (C=O) groups is 1. The topological polar surface area (TPSA) is 72.2 Å². The summed E-state index contributed by atoms with van der Waals surface area (Å²) in [5.74, 6) is -0.241. The summed E-state index contributed by atoms with van der Waals surface area (Å²) in [5.41, 5.74) is 1.07. The minimum Gasteiger partial charge on any atom is -0.322 e. The van der Waals surface area contributed by atoms with Crippen LogP contribution in [0, 0.1) is 10.1 Å². The highest BCUT2D eigenvalue weighted by Gasteiger charge is 2.08. The second-order valence-corrected chi connectivity index (χ2v) is 4.87. The predicted octanol–water partition coefficient (Wildman–Crippen LogP) is 3.57. The normalized spacial score (nSPS) is 10.1. The highest BCUT2D eigenvalue weighted by atomic mass is 32.2. The third-order valence-electron chi connectivity index (χ3n) is 2.67. The lowest BCUT2D eigenvalue weighted by Gasteiger charge is -2.06. The van der Waals surface area contributed by atoms with Gasteiger partial charge in [0.15, 0.2) is 0 Å². The molecule has 6 heteroatoms. The SMILES string of the molecule is CSc1cccc(C(=O)Nc2ccc([N+](=O)[O-])cc2)c1. The molecule has 0 aliphatic heterocycles.